The number of hydrogen-bond donors (Lipinski definition) is 1. The molecule has 1 N–H and O–H groups in total. The number of morpholine rings is 1. The number of nitrogens with one attached hydrogen (secondary N) is 1. The van der Waals surface area contributed by atoms with Crippen LogP contribution in [-0.2, 0) is 4.74 Å². The number of hydrogen-bond acceptors (Lipinski definition) is 2. The van der Waals surface area contributed by atoms with Crippen molar-refractivity contribution in [2.75, 3.05) is 6.61 Å². The molecule has 1 aliphatic carbocycles. The second kappa shape index (κ2) is 6.06. The van der Waals surface area contributed by atoms with E-state index in [0.29, 0.717) is 18.2 Å². The van der Waals surface area contributed by atoms with Crippen LogP contribution in [0.5, 0.6) is 0 Å². The predicted octanol–water partition coefficient (Wildman–Crippen LogP) is 3.68. The lowest BCUT2D eigenvalue weighted by Crippen LogP contribution is -2.52. The van der Waals surface area contributed by atoms with Gasteiger partial charge in [-0.15, -0.1) is 0 Å². The summed E-state index contributed by atoms with van der Waals surface area (Å²) in [6, 6.07) is 11.6. The predicted molar refractivity (Wildman–Crippen MR) is 78.1 cm³/mol. The van der Waals surface area contributed by atoms with Crippen molar-refractivity contribution < 1.29 is 4.74 Å². The molecule has 1 aromatic carbocycles. The first-order valence-corrected chi connectivity index (χ1v) is 7.79. The third-order valence-electron chi connectivity index (χ3n) is 4.69. The molecular weight excluding hydrogens is 234 g/mol. The van der Waals surface area contributed by atoms with Crippen LogP contribution in [-0.4, -0.2) is 18.8 Å². The average Bonchev–Trinajstić information content (AvgIpc) is 2.48. The lowest BCUT2D eigenvalue weighted by atomic mass is 9.80. The molecule has 1 aromatic rings. The zero-order valence-corrected chi connectivity index (χ0v) is 11.8. The molecule has 0 aromatic heterocycles. The topological polar surface area (TPSA) is 21.3 Å². The smallest absolute Gasteiger partial charge is 0.0729 e. The standard InChI is InChI=1S/C17H25NO/c1-2-6-13-9-10-17-15(11-13)18-16(12-19-17)14-7-4-3-5-8-14/h3-5,7-8,13,15-18H,2,6,9-12H2,1H3. The summed E-state index contributed by atoms with van der Waals surface area (Å²) >= 11 is 0. The fourth-order valence-corrected chi connectivity index (χ4v) is 3.68. The van der Waals surface area contributed by atoms with Crippen LogP contribution >= 0.6 is 0 Å². The molecule has 0 amide bonds. The fraction of sp³-hybridized carbons (Fsp3) is 0.647. The van der Waals surface area contributed by atoms with Gasteiger partial charge in [-0.1, -0.05) is 50.1 Å². The van der Waals surface area contributed by atoms with E-state index in [0.717, 1.165) is 12.5 Å². The minimum Gasteiger partial charge on any atom is -0.375 e. The minimum atomic E-state index is 0.378. The molecule has 1 aliphatic heterocycles. The van der Waals surface area contributed by atoms with Gasteiger partial charge in [0.25, 0.3) is 0 Å². The van der Waals surface area contributed by atoms with E-state index in [2.05, 4.69) is 42.6 Å². The SMILES string of the molecule is CCCC1CCC2OCC(c3ccccc3)NC2C1. The summed E-state index contributed by atoms with van der Waals surface area (Å²) in [6.07, 6.45) is 7.03. The van der Waals surface area contributed by atoms with Gasteiger partial charge >= 0.3 is 0 Å². The van der Waals surface area contributed by atoms with E-state index in [9.17, 15) is 0 Å². The molecule has 2 heteroatoms. The highest BCUT2D eigenvalue weighted by atomic mass is 16.5. The Balaban J connectivity index is 1.64. The highest BCUT2D eigenvalue weighted by molar-refractivity contribution is 5.20. The Morgan fingerprint density at radius 2 is 2.05 bits per heavy atom. The van der Waals surface area contributed by atoms with E-state index in [1.807, 2.05) is 0 Å². The summed E-state index contributed by atoms with van der Waals surface area (Å²) in [7, 11) is 0. The van der Waals surface area contributed by atoms with Crippen LogP contribution in [0.3, 0.4) is 0 Å². The highest BCUT2D eigenvalue weighted by Gasteiger charge is 2.36. The molecule has 0 spiro atoms. The van der Waals surface area contributed by atoms with Crippen molar-refractivity contribution in [1.29, 1.82) is 0 Å². The maximum atomic E-state index is 6.11. The molecule has 4 atom stereocenters. The maximum Gasteiger partial charge on any atom is 0.0729 e. The molecule has 3 rings (SSSR count). The molecule has 0 bridgehead atoms. The zero-order valence-electron chi connectivity index (χ0n) is 11.8. The van der Waals surface area contributed by atoms with E-state index in [1.54, 1.807) is 0 Å². The molecule has 1 saturated carbocycles. The van der Waals surface area contributed by atoms with Crippen molar-refractivity contribution in [3.05, 3.63) is 35.9 Å². The van der Waals surface area contributed by atoms with Gasteiger partial charge in [0.2, 0.25) is 0 Å². The van der Waals surface area contributed by atoms with Gasteiger partial charge in [-0.05, 0) is 30.7 Å². The summed E-state index contributed by atoms with van der Waals surface area (Å²) in [5.41, 5.74) is 1.36. The molecular formula is C17H25NO. The Hall–Kier alpha value is -0.860. The van der Waals surface area contributed by atoms with Crippen molar-refractivity contribution in [3.63, 3.8) is 0 Å². The van der Waals surface area contributed by atoms with Crippen LogP contribution in [0.1, 0.15) is 50.6 Å². The minimum absolute atomic E-state index is 0.378. The van der Waals surface area contributed by atoms with Crippen LogP contribution in [0.4, 0.5) is 0 Å². The maximum absolute atomic E-state index is 6.11. The van der Waals surface area contributed by atoms with Crippen molar-refractivity contribution >= 4 is 0 Å². The summed E-state index contributed by atoms with van der Waals surface area (Å²) in [5, 5.41) is 3.84. The van der Waals surface area contributed by atoms with Crippen molar-refractivity contribution in [2.45, 2.75) is 57.2 Å². The van der Waals surface area contributed by atoms with Crippen LogP contribution in [0.15, 0.2) is 30.3 Å². The van der Waals surface area contributed by atoms with Crippen molar-refractivity contribution in [2.24, 2.45) is 5.92 Å². The third-order valence-corrected chi connectivity index (χ3v) is 4.69. The molecule has 19 heavy (non-hydrogen) atoms. The van der Waals surface area contributed by atoms with Gasteiger partial charge in [0.15, 0.2) is 0 Å². The first-order chi connectivity index (χ1) is 9.36. The summed E-state index contributed by atoms with van der Waals surface area (Å²) in [6.45, 7) is 3.12. The van der Waals surface area contributed by atoms with Crippen LogP contribution in [0.25, 0.3) is 0 Å². The molecule has 4 unspecified atom stereocenters. The quantitative estimate of drug-likeness (QED) is 0.894. The number of rotatable bonds is 3. The van der Waals surface area contributed by atoms with Gasteiger partial charge in [0.1, 0.15) is 0 Å². The highest BCUT2D eigenvalue weighted by Crippen LogP contribution is 2.34. The fourth-order valence-electron chi connectivity index (χ4n) is 3.68. The molecule has 104 valence electrons. The first-order valence-electron chi connectivity index (χ1n) is 7.79. The van der Waals surface area contributed by atoms with Gasteiger partial charge in [0, 0.05) is 6.04 Å². The molecule has 1 heterocycles. The van der Waals surface area contributed by atoms with E-state index < -0.39 is 0 Å². The lowest BCUT2D eigenvalue weighted by molar-refractivity contribution is -0.0562. The van der Waals surface area contributed by atoms with Gasteiger partial charge in [-0.25, -0.2) is 0 Å². The van der Waals surface area contributed by atoms with Crippen LogP contribution in [0, 0.1) is 5.92 Å². The Labute approximate surface area is 116 Å². The summed E-state index contributed by atoms with van der Waals surface area (Å²) < 4.78 is 6.11. The van der Waals surface area contributed by atoms with Gasteiger partial charge in [0.05, 0.1) is 18.8 Å². The van der Waals surface area contributed by atoms with E-state index in [-0.39, 0.29) is 0 Å². The van der Waals surface area contributed by atoms with E-state index in [4.69, 9.17) is 4.74 Å². The normalized spacial score (nSPS) is 34.8. The third kappa shape index (κ3) is 3.01. The second-order valence-corrected chi connectivity index (χ2v) is 6.08. The van der Waals surface area contributed by atoms with E-state index in [1.165, 1.54) is 37.7 Å². The number of fused-ring (bicyclic) bond motifs is 1. The van der Waals surface area contributed by atoms with Crippen molar-refractivity contribution in [3.8, 4) is 0 Å². The molecule has 0 radical (unpaired) electrons. The molecule has 2 fully saturated rings. The van der Waals surface area contributed by atoms with Gasteiger partial charge < -0.3 is 10.1 Å². The van der Waals surface area contributed by atoms with E-state index >= 15 is 0 Å². The monoisotopic (exact) mass is 259 g/mol. The summed E-state index contributed by atoms with van der Waals surface area (Å²) in [4.78, 5) is 0. The Bertz CT molecular complexity index is 392. The molecule has 2 aliphatic rings. The Kier molecular flexibility index (Phi) is 4.19. The largest absolute Gasteiger partial charge is 0.375 e. The number of ether oxygens (including phenoxy) is 1. The van der Waals surface area contributed by atoms with Gasteiger partial charge in [-0.2, -0.15) is 0 Å². The molecule has 1 saturated heterocycles. The van der Waals surface area contributed by atoms with Gasteiger partial charge in [-0.3, -0.25) is 0 Å². The van der Waals surface area contributed by atoms with Crippen LogP contribution < -0.4 is 5.32 Å². The molecule has 2 nitrogen and oxygen atoms in total. The average molecular weight is 259 g/mol. The Morgan fingerprint density at radius 1 is 1.21 bits per heavy atom. The Morgan fingerprint density at radius 3 is 2.84 bits per heavy atom. The van der Waals surface area contributed by atoms with Crippen molar-refractivity contribution in [1.82, 2.24) is 5.32 Å². The summed E-state index contributed by atoms with van der Waals surface area (Å²) in [5.74, 6) is 0.900. The first kappa shape index (κ1) is 13.1. The second-order valence-electron chi connectivity index (χ2n) is 6.08. The lowest BCUT2D eigenvalue weighted by Gasteiger charge is -2.43. The zero-order chi connectivity index (χ0) is 13.1. The number of benzene rings is 1. The van der Waals surface area contributed by atoms with Crippen LogP contribution in [0.2, 0.25) is 0 Å².